The molecule has 108 valence electrons. The smallest absolute Gasteiger partial charge is 0.185 e. The molecule has 0 unspecified atom stereocenters. The SMILES string of the molecule is CCCS(=O)(=O)c1c(N)nsc1N(CC)CC1CC1. The molecule has 0 radical (unpaired) electrons. The lowest BCUT2D eigenvalue weighted by molar-refractivity contribution is 0.594. The average Bonchev–Trinajstić information content (AvgIpc) is 3.07. The quantitative estimate of drug-likeness (QED) is 0.835. The lowest BCUT2D eigenvalue weighted by atomic mass is 10.3. The second-order valence-corrected chi connectivity index (χ2v) is 7.80. The van der Waals surface area contributed by atoms with E-state index in [9.17, 15) is 8.42 Å². The van der Waals surface area contributed by atoms with Crippen molar-refractivity contribution in [3.63, 3.8) is 0 Å². The van der Waals surface area contributed by atoms with E-state index in [1.165, 1.54) is 24.4 Å². The standard InChI is InChI=1S/C12H21N3O2S2/c1-3-7-19(16,17)10-11(13)14-18-12(10)15(4-2)8-9-5-6-9/h9H,3-8H2,1-2H3,(H2,13,14). The van der Waals surface area contributed by atoms with Gasteiger partial charge in [-0.2, -0.15) is 4.37 Å². The highest BCUT2D eigenvalue weighted by Crippen LogP contribution is 2.38. The maximum Gasteiger partial charge on any atom is 0.185 e. The molecule has 0 amide bonds. The fourth-order valence-corrected chi connectivity index (χ4v) is 4.95. The number of rotatable bonds is 7. The Labute approximate surface area is 118 Å². The molecule has 0 aliphatic heterocycles. The van der Waals surface area contributed by atoms with Crippen molar-refractivity contribution in [3.05, 3.63) is 0 Å². The van der Waals surface area contributed by atoms with Gasteiger partial charge in [0.15, 0.2) is 15.7 Å². The average molecular weight is 303 g/mol. The number of sulfone groups is 1. The fourth-order valence-electron chi connectivity index (χ4n) is 2.12. The van der Waals surface area contributed by atoms with Crippen LogP contribution in [0.1, 0.15) is 33.1 Å². The number of anilines is 2. The van der Waals surface area contributed by atoms with E-state index in [1.54, 1.807) is 0 Å². The van der Waals surface area contributed by atoms with Crippen LogP contribution in [0.15, 0.2) is 4.90 Å². The summed E-state index contributed by atoms with van der Waals surface area (Å²) in [5, 5.41) is 0.723. The molecule has 1 fully saturated rings. The summed E-state index contributed by atoms with van der Waals surface area (Å²) in [6.07, 6.45) is 3.06. The number of aromatic nitrogens is 1. The van der Waals surface area contributed by atoms with Crippen LogP contribution in [0, 0.1) is 5.92 Å². The molecule has 2 N–H and O–H groups in total. The molecule has 0 aromatic carbocycles. The second-order valence-electron chi connectivity index (χ2n) is 5.00. The zero-order valence-electron chi connectivity index (χ0n) is 11.4. The minimum absolute atomic E-state index is 0.129. The van der Waals surface area contributed by atoms with Gasteiger partial charge >= 0.3 is 0 Å². The largest absolute Gasteiger partial charge is 0.382 e. The Balaban J connectivity index is 2.34. The van der Waals surface area contributed by atoms with Crippen LogP contribution >= 0.6 is 11.5 Å². The molecule has 0 atom stereocenters. The number of nitrogens with two attached hydrogens (primary N) is 1. The van der Waals surface area contributed by atoms with E-state index in [1.807, 2.05) is 13.8 Å². The molecule has 1 aromatic rings. The first-order valence-electron chi connectivity index (χ1n) is 6.72. The molecule has 1 aliphatic rings. The van der Waals surface area contributed by atoms with Crippen molar-refractivity contribution in [2.45, 2.75) is 38.0 Å². The maximum absolute atomic E-state index is 12.3. The van der Waals surface area contributed by atoms with Crippen molar-refractivity contribution in [1.29, 1.82) is 0 Å². The Kier molecular flexibility index (Phi) is 4.35. The second kappa shape index (κ2) is 5.66. The normalized spacial score (nSPS) is 15.7. The molecule has 19 heavy (non-hydrogen) atoms. The van der Waals surface area contributed by atoms with Crippen LogP contribution in [0.4, 0.5) is 10.8 Å². The first-order valence-corrected chi connectivity index (χ1v) is 9.15. The van der Waals surface area contributed by atoms with Crippen molar-refractivity contribution in [1.82, 2.24) is 4.37 Å². The van der Waals surface area contributed by atoms with E-state index < -0.39 is 9.84 Å². The molecule has 1 heterocycles. The molecule has 1 aromatic heterocycles. The molecule has 0 spiro atoms. The topological polar surface area (TPSA) is 76.3 Å². The minimum Gasteiger partial charge on any atom is -0.382 e. The molecular weight excluding hydrogens is 282 g/mol. The number of hydrogen-bond donors (Lipinski definition) is 1. The Bertz CT molecular complexity index is 535. The van der Waals surface area contributed by atoms with Gasteiger partial charge in [0.25, 0.3) is 0 Å². The van der Waals surface area contributed by atoms with Crippen molar-refractivity contribution in [3.8, 4) is 0 Å². The zero-order valence-corrected chi connectivity index (χ0v) is 13.1. The molecule has 0 saturated heterocycles. The van der Waals surface area contributed by atoms with E-state index in [0.717, 1.165) is 18.1 Å². The summed E-state index contributed by atoms with van der Waals surface area (Å²) in [6, 6.07) is 0. The lowest BCUT2D eigenvalue weighted by Crippen LogP contribution is -2.26. The summed E-state index contributed by atoms with van der Waals surface area (Å²) in [7, 11) is -3.32. The number of hydrogen-bond acceptors (Lipinski definition) is 6. The van der Waals surface area contributed by atoms with Crippen molar-refractivity contribution < 1.29 is 8.42 Å². The van der Waals surface area contributed by atoms with Gasteiger partial charge in [0.1, 0.15) is 9.90 Å². The van der Waals surface area contributed by atoms with Crippen LogP contribution in [-0.2, 0) is 9.84 Å². The summed E-state index contributed by atoms with van der Waals surface area (Å²) < 4.78 is 28.7. The summed E-state index contributed by atoms with van der Waals surface area (Å²) in [5.74, 6) is 0.983. The number of nitrogen functional groups attached to an aromatic ring is 1. The third kappa shape index (κ3) is 3.20. The first kappa shape index (κ1) is 14.6. The zero-order chi connectivity index (χ0) is 14.0. The van der Waals surface area contributed by atoms with E-state index in [2.05, 4.69) is 9.27 Å². The third-order valence-electron chi connectivity index (χ3n) is 3.29. The fraction of sp³-hybridized carbons (Fsp3) is 0.750. The van der Waals surface area contributed by atoms with E-state index in [4.69, 9.17) is 5.73 Å². The van der Waals surface area contributed by atoms with Crippen molar-refractivity contribution in [2.24, 2.45) is 5.92 Å². The summed E-state index contributed by atoms with van der Waals surface area (Å²) in [6.45, 7) is 5.59. The highest BCUT2D eigenvalue weighted by Gasteiger charge is 2.30. The Morgan fingerprint density at radius 1 is 1.42 bits per heavy atom. The van der Waals surface area contributed by atoms with Gasteiger partial charge in [-0.25, -0.2) is 8.42 Å². The Morgan fingerprint density at radius 2 is 2.11 bits per heavy atom. The minimum atomic E-state index is -3.32. The van der Waals surface area contributed by atoms with Crippen LogP contribution < -0.4 is 10.6 Å². The van der Waals surface area contributed by atoms with E-state index in [0.29, 0.717) is 12.3 Å². The van der Waals surface area contributed by atoms with Crippen LogP contribution in [0.25, 0.3) is 0 Å². The summed E-state index contributed by atoms with van der Waals surface area (Å²) in [5.41, 5.74) is 5.79. The van der Waals surface area contributed by atoms with Crippen molar-refractivity contribution >= 4 is 32.2 Å². The summed E-state index contributed by atoms with van der Waals surface area (Å²) >= 11 is 1.20. The maximum atomic E-state index is 12.3. The molecule has 1 saturated carbocycles. The Hall–Kier alpha value is -0.820. The third-order valence-corrected chi connectivity index (χ3v) is 6.31. The number of nitrogens with zero attached hydrogens (tertiary/aromatic N) is 2. The lowest BCUT2D eigenvalue weighted by Gasteiger charge is -2.22. The molecule has 7 heteroatoms. The van der Waals surface area contributed by atoms with Gasteiger partial charge < -0.3 is 10.6 Å². The predicted octanol–water partition coefficient (Wildman–Crippen LogP) is 2.15. The highest BCUT2D eigenvalue weighted by atomic mass is 32.2. The van der Waals surface area contributed by atoms with E-state index >= 15 is 0 Å². The Morgan fingerprint density at radius 3 is 2.63 bits per heavy atom. The molecule has 2 rings (SSSR count). The van der Waals surface area contributed by atoms with Crippen LogP contribution in [0.3, 0.4) is 0 Å². The van der Waals surface area contributed by atoms with Crippen molar-refractivity contribution in [2.75, 3.05) is 29.5 Å². The molecule has 0 bridgehead atoms. The van der Waals surface area contributed by atoms with E-state index in [-0.39, 0.29) is 16.5 Å². The summed E-state index contributed by atoms with van der Waals surface area (Å²) in [4.78, 5) is 2.36. The van der Waals surface area contributed by atoms with Crippen LogP contribution in [-0.4, -0.2) is 31.6 Å². The van der Waals surface area contributed by atoms with Gasteiger partial charge in [-0.1, -0.05) is 6.92 Å². The van der Waals surface area contributed by atoms with Gasteiger partial charge in [-0.3, -0.25) is 0 Å². The molecular formula is C12H21N3O2S2. The van der Waals surface area contributed by atoms with Gasteiger partial charge in [0.2, 0.25) is 0 Å². The van der Waals surface area contributed by atoms with Gasteiger partial charge in [-0.15, -0.1) is 0 Å². The molecule has 1 aliphatic carbocycles. The predicted molar refractivity (Wildman–Crippen MR) is 79.5 cm³/mol. The monoisotopic (exact) mass is 303 g/mol. The molecule has 5 nitrogen and oxygen atoms in total. The van der Waals surface area contributed by atoms with Gasteiger partial charge in [-0.05, 0) is 43.6 Å². The van der Waals surface area contributed by atoms with Crippen LogP contribution in [0.2, 0.25) is 0 Å². The van der Waals surface area contributed by atoms with Gasteiger partial charge in [0, 0.05) is 13.1 Å². The highest BCUT2D eigenvalue weighted by molar-refractivity contribution is 7.91. The first-order chi connectivity index (χ1) is 8.99. The van der Waals surface area contributed by atoms with Crippen LogP contribution in [0.5, 0.6) is 0 Å². The van der Waals surface area contributed by atoms with Gasteiger partial charge in [0.05, 0.1) is 5.75 Å².